The Morgan fingerprint density at radius 1 is 0.453 bits per heavy atom. The molecule has 0 amide bonds. The number of nitrogens with zero attached hydrogens (tertiary/aromatic N) is 2. The SMILES string of the molecule is CC1CC=Cc2c1c1c(-c3ccccc3N(c3ccccc3-c3cccc4c3-c3ccccc3C4(C)c3ccccc3)c3ccccc3-c3cccc4cccc(C5CCCCC5)c34)cccc1n2-c1ccccc1. The monoisotopic (exact) mass is 964 g/mol. The van der Waals surface area contributed by atoms with Gasteiger partial charge in [0.2, 0.25) is 0 Å². The minimum atomic E-state index is -0.332. The first-order chi connectivity index (χ1) is 37.1. The van der Waals surface area contributed by atoms with Gasteiger partial charge in [0.15, 0.2) is 0 Å². The van der Waals surface area contributed by atoms with Crippen LogP contribution in [0.2, 0.25) is 0 Å². The van der Waals surface area contributed by atoms with Crippen LogP contribution < -0.4 is 4.90 Å². The summed E-state index contributed by atoms with van der Waals surface area (Å²) in [6.45, 7) is 4.83. The lowest BCUT2D eigenvalue weighted by Gasteiger charge is -2.33. The minimum absolute atomic E-state index is 0.332. The molecule has 2 heteroatoms. The highest BCUT2D eigenvalue weighted by molar-refractivity contribution is 6.09. The maximum atomic E-state index is 2.63. The van der Waals surface area contributed by atoms with Gasteiger partial charge in [0.25, 0.3) is 0 Å². The van der Waals surface area contributed by atoms with E-state index >= 15 is 0 Å². The number of allylic oxidation sites excluding steroid dienone is 1. The van der Waals surface area contributed by atoms with Gasteiger partial charge in [-0.1, -0.05) is 226 Å². The molecule has 1 aromatic heterocycles. The molecule has 1 saturated carbocycles. The molecule has 0 radical (unpaired) electrons. The number of hydrogen-bond acceptors (Lipinski definition) is 1. The van der Waals surface area contributed by atoms with E-state index in [1.54, 1.807) is 0 Å². The van der Waals surface area contributed by atoms with Gasteiger partial charge in [0.1, 0.15) is 0 Å². The van der Waals surface area contributed by atoms with Crippen LogP contribution >= 0.6 is 0 Å². The molecule has 2 unspecified atom stereocenters. The third kappa shape index (κ3) is 7.21. The molecule has 2 atom stereocenters. The number of para-hydroxylation sites is 4. The second kappa shape index (κ2) is 18.5. The van der Waals surface area contributed by atoms with E-state index in [1.807, 2.05) is 0 Å². The molecule has 3 aliphatic carbocycles. The zero-order valence-electron chi connectivity index (χ0n) is 42.9. The Labute approximate surface area is 441 Å². The third-order valence-corrected chi connectivity index (χ3v) is 17.3. The van der Waals surface area contributed by atoms with E-state index in [0.717, 1.165) is 23.5 Å². The van der Waals surface area contributed by atoms with Crippen molar-refractivity contribution in [3.05, 3.63) is 270 Å². The number of aromatic nitrogens is 1. The summed E-state index contributed by atoms with van der Waals surface area (Å²) in [5, 5.41) is 4.02. The first-order valence-electron chi connectivity index (χ1n) is 27.4. The third-order valence-electron chi connectivity index (χ3n) is 17.3. The van der Waals surface area contributed by atoms with Crippen molar-refractivity contribution in [1.29, 1.82) is 0 Å². The highest BCUT2D eigenvalue weighted by atomic mass is 15.2. The molecular formula is C73H60N2. The summed E-state index contributed by atoms with van der Waals surface area (Å²) in [7, 11) is 0. The van der Waals surface area contributed by atoms with Crippen LogP contribution in [-0.2, 0) is 5.41 Å². The topological polar surface area (TPSA) is 8.17 Å². The summed E-state index contributed by atoms with van der Waals surface area (Å²) in [5.41, 5.74) is 23.7. The largest absolute Gasteiger partial charge is 0.310 e. The predicted molar refractivity (Wildman–Crippen MR) is 317 cm³/mol. The molecule has 10 aromatic carbocycles. The van der Waals surface area contributed by atoms with E-state index < -0.39 is 0 Å². The average molecular weight is 965 g/mol. The molecule has 0 saturated heterocycles. The number of rotatable bonds is 9. The first kappa shape index (κ1) is 45.2. The Kier molecular flexibility index (Phi) is 11.1. The Bertz CT molecular complexity index is 4000. The summed E-state index contributed by atoms with van der Waals surface area (Å²) in [4.78, 5) is 2.63. The van der Waals surface area contributed by atoms with Crippen molar-refractivity contribution in [3.63, 3.8) is 0 Å². The quantitative estimate of drug-likeness (QED) is 0.140. The summed E-state index contributed by atoms with van der Waals surface area (Å²) in [6.07, 6.45) is 12.1. The van der Waals surface area contributed by atoms with Crippen LogP contribution in [0, 0.1) is 0 Å². The van der Waals surface area contributed by atoms with E-state index in [1.165, 1.54) is 137 Å². The Morgan fingerprint density at radius 2 is 0.973 bits per heavy atom. The fraction of sp³-hybridized carbons (Fsp3) is 0.151. The molecule has 2 nitrogen and oxygen atoms in total. The lowest BCUT2D eigenvalue weighted by atomic mass is 9.74. The van der Waals surface area contributed by atoms with Gasteiger partial charge >= 0.3 is 0 Å². The van der Waals surface area contributed by atoms with Crippen molar-refractivity contribution in [3.8, 4) is 50.2 Å². The van der Waals surface area contributed by atoms with Crippen LogP contribution in [0.3, 0.4) is 0 Å². The van der Waals surface area contributed by atoms with Crippen LogP contribution in [0.5, 0.6) is 0 Å². The predicted octanol–water partition coefficient (Wildman–Crippen LogP) is 20.2. The molecule has 75 heavy (non-hydrogen) atoms. The smallest absolute Gasteiger partial charge is 0.0544 e. The molecule has 3 aliphatic rings. The highest BCUT2D eigenvalue weighted by Gasteiger charge is 2.42. The number of fused-ring (bicyclic) bond motifs is 7. The Morgan fingerprint density at radius 3 is 1.67 bits per heavy atom. The molecule has 0 N–H and O–H groups in total. The van der Waals surface area contributed by atoms with Gasteiger partial charge in [0, 0.05) is 33.2 Å². The van der Waals surface area contributed by atoms with Crippen molar-refractivity contribution >= 4 is 44.8 Å². The van der Waals surface area contributed by atoms with Gasteiger partial charge < -0.3 is 9.47 Å². The van der Waals surface area contributed by atoms with Crippen LogP contribution in [0.4, 0.5) is 17.1 Å². The van der Waals surface area contributed by atoms with Crippen LogP contribution in [0.25, 0.3) is 77.9 Å². The molecular weight excluding hydrogens is 905 g/mol. The lowest BCUT2D eigenvalue weighted by molar-refractivity contribution is 0.445. The van der Waals surface area contributed by atoms with E-state index in [0.29, 0.717) is 11.8 Å². The number of benzene rings is 10. The molecule has 1 fully saturated rings. The Hall–Kier alpha value is -8.46. The molecule has 14 rings (SSSR count). The van der Waals surface area contributed by atoms with Crippen LogP contribution in [0.1, 0.15) is 97.7 Å². The van der Waals surface area contributed by atoms with Gasteiger partial charge in [-0.2, -0.15) is 0 Å². The standard InChI is InChI=1S/C73H60N2/c1-49-25-20-47-67-69(49)72-60(41-24-48-68(72)74(67)53-32-10-5-11-33-53)57-36-15-19-46-66(57)75(64-44-17-13-34-55(64)58-39-22-29-51-28-21-38-54(70(51)58)50-26-6-3-7-27-50)65-45-18-14-35-56(65)59-40-23-43-63-71(59)61-37-12-16-42-62(61)73(63,2)52-30-8-4-9-31-52/h4-5,8-24,28-50H,3,6-7,25-27H2,1-2H3. The van der Waals surface area contributed by atoms with Crippen LogP contribution in [0.15, 0.2) is 237 Å². The molecule has 0 bridgehead atoms. The summed E-state index contributed by atoms with van der Waals surface area (Å²) in [6, 6.07) is 86.9. The maximum absolute atomic E-state index is 2.63. The van der Waals surface area contributed by atoms with Gasteiger partial charge in [0.05, 0.1) is 28.3 Å². The number of anilines is 3. The first-order valence-corrected chi connectivity index (χ1v) is 27.4. The van der Waals surface area contributed by atoms with Crippen molar-refractivity contribution in [1.82, 2.24) is 4.57 Å². The fourth-order valence-corrected chi connectivity index (χ4v) is 13.9. The van der Waals surface area contributed by atoms with Gasteiger partial charge in [-0.25, -0.2) is 0 Å². The zero-order valence-corrected chi connectivity index (χ0v) is 42.9. The molecule has 1 heterocycles. The highest BCUT2D eigenvalue weighted by Crippen LogP contribution is 2.58. The van der Waals surface area contributed by atoms with E-state index in [-0.39, 0.29) is 5.41 Å². The number of hydrogen-bond donors (Lipinski definition) is 0. The van der Waals surface area contributed by atoms with E-state index in [4.69, 9.17) is 0 Å². The zero-order chi connectivity index (χ0) is 50.0. The van der Waals surface area contributed by atoms with E-state index in [2.05, 4.69) is 266 Å². The van der Waals surface area contributed by atoms with Gasteiger partial charge in [-0.3, -0.25) is 0 Å². The van der Waals surface area contributed by atoms with Crippen molar-refractivity contribution in [2.45, 2.75) is 69.6 Å². The lowest BCUT2D eigenvalue weighted by Crippen LogP contribution is -2.22. The second-order valence-corrected chi connectivity index (χ2v) is 21.4. The fourth-order valence-electron chi connectivity index (χ4n) is 13.9. The van der Waals surface area contributed by atoms with Crippen molar-refractivity contribution in [2.24, 2.45) is 0 Å². The summed E-state index contributed by atoms with van der Waals surface area (Å²) < 4.78 is 2.49. The summed E-state index contributed by atoms with van der Waals surface area (Å²) >= 11 is 0. The van der Waals surface area contributed by atoms with Crippen LogP contribution in [-0.4, -0.2) is 4.57 Å². The van der Waals surface area contributed by atoms with E-state index in [9.17, 15) is 0 Å². The van der Waals surface area contributed by atoms with Crippen molar-refractivity contribution < 1.29 is 0 Å². The maximum Gasteiger partial charge on any atom is 0.0544 e. The molecule has 0 spiro atoms. The molecule has 11 aromatic rings. The van der Waals surface area contributed by atoms with Gasteiger partial charge in [-0.15, -0.1) is 0 Å². The Balaban J connectivity index is 1.06. The minimum Gasteiger partial charge on any atom is -0.310 e. The second-order valence-electron chi connectivity index (χ2n) is 21.4. The molecule has 0 aliphatic heterocycles. The van der Waals surface area contributed by atoms with Crippen molar-refractivity contribution in [2.75, 3.05) is 4.90 Å². The molecule has 362 valence electrons. The average Bonchev–Trinajstić information content (AvgIpc) is 3.97. The van der Waals surface area contributed by atoms with Gasteiger partial charge in [-0.05, 0) is 147 Å². The normalized spacial score (nSPS) is 17.0. The summed E-state index contributed by atoms with van der Waals surface area (Å²) in [5.74, 6) is 0.891.